The molecule has 1 aromatic carbocycles. The van der Waals surface area contributed by atoms with Crippen LogP contribution in [0.25, 0.3) is 10.9 Å². The molecule has 4 nitrogen and oxygen atoms in total. The van der Waals surface area contributed by atoms with Crippen LogP contribution in [0.15, 0.2) is 24.4 Å². The SMILES string of the molecule is COc1ccc2[nH]cc(C[C@H]3CCCN3C3CCC(O)CC3)c2c1. The second-order valence-corrected chi connectivity index (χ2v) is 7.43. The summed E-state index contributed by atoms with van der Waals surface area (Å²) in [5, 5.41) is 11.1. The third kappa shape index (κ3) is 3.05. The molecule has 2 aromatic rings. The maximum atomic E-state index is 9.78. The van der Waals surface area contributed by atoms with E-state index in [1.54, 1.807) is 7.11 Å². The molecule has 0 bridgehead atoms. The van der Waals surface area contributed by atoms with E-state index >= 15 is 0 Å². The molecule has 2 N–H and O–H groups in total. The Labute approximate surface area is 143 Å². The highest BCUT2D eigenvalue weighted by atomic mass is 16.5. The van der Waals surface area contributed by atoms with E-state index in [1.165, 1.54) is 35.9 Å². The highest BCUT2D eigenvalue weighted by molar-refractivity contribution is 5.84. The number of methoxy groups -OCH3 is 1. The highest BCUT2D eigenvalue weighted by Crippen LogP contribution is 2.32. The molecule has 2 fully saturated rings. The van der Waals surface area contributed by atoms with Gasteiger partial charge >= 0.3 is 0 Å². The number of H-pyrrole nitrogens is 1. The topological polar surface area (TPSA) is 48.5 Å². The van der Waals surface area contributed by atoms with Crippen molar-refractivity contribution in [1.29, 1.82) is 0 Å². The Bertz CT molecular complexity index is 688. The summed E-state index contributed by atoms with van der Waals surface area (Å²) in [6.07, 6.45) is 10.0. The predicted molar refractivity (Wildman–Crippen MR) is 96.5 cm³/mol. The van der Waals surface area contributed by atoms with Gasteiger partial charge in [0.25, 0.3) is 0 Å². The standard InChI is InChI=1S/C20H28N2O2/c1-24-18-8-9-20-19(12-18)14(13-21-20)11-16-3-2-10-22(16)15-4-6-17(23)7-5-15/h8-9,12-13,15-17,21,23H,2-7,10-11H2,1H3/t15?,16-,17?/m1/s1. The van der Waals surface area contributed by atoms with Gasteiger partial charge in [0.1, 0.15) is 5.75 Å². The minimum absolute atomic E-state index is 0.0663. The van der Waals surface area contributed by atoms with Gasteiger partial charge in [-0.3, -0.25) is 4.90 Å². The number of hydrogen-bond donors (Lipinski definition) is 2. The lowest BCUT2D eigenvalue weighted by Gasteiger charge is -2.37. The molecule has 1 aliphatic carbocycles. The maximum absolute atomic E-state index is 9.78. The number of aliphatic hydroxyl groups excluding tert-OH is 1. The van der Waals surface area contributed by atoms with E-state index in [4.69, 9.17) is 4.74 Å². The van der Waals surface area contributed by atoms with Gasteiger partial charge in [0.2, 0.25) is 0 Å². The van der Waals surface area contributed by atoms with Gasteiger partial charge in [-0.15, -0.1) is 0 Å². The van der Waals surface area contributed by atoms with Crippen molar-refractivity contribution in [2.75, 3.05) is 13.7 Å². The number of ether oxygens (including phenoxy) is 1. The normalized spacial score (nSPS) is 28.5. The number of nitrogens with one attached hydrogen (secondary N) is 1. The van der Waals surface area contributed by atoms with E-state index < -0.39 is 0 Å². The zero-order valence-corrected chi connectivity index (χ0v) is 14.5. The zero-order chi connectivity index (χ0) is 16.5. The highest BCUT2D eigenvalue weighted by Gasteiger charge is 2.33. The van der Waals surface area contributed by atoms with Crippen LogP contribution in [0.1, 0.15) is 44.1 Å². The van der Waals surface area contributed by atoms with Gasteiger partial charge in [-0.2, -0.15) is 0 Å². The summed E-state index contributed by atoms with van der Waals surface area (Å²) in [4.78, 5) is 6.13. The summed E-state index contributed by atoms with van der Waals surface area (Å²) in [5.74, 6) is 0.924. The molecule has 0 radical (unpaired) electrons. The molecule has 0 unspecified atom stereocenters. The molecule has 1 saturated heterocycles. The summed E-state index contributed by atoms with van der Waals surface area (Å²) in [5.41, 5.74) is 2.59. The van der Waals surface area contributed by atoms with E-state index in [2.05, 4.69) is 28.2 Å². The fourth-order valence-electron chi connectivity index (χ4n) is 4.66. The van der Waals surface area contributed by atoms with Crippen molar-refractivity contribution in [1.82, 2.24) is 9.88 Å². The average molecular weight is 328 g/mol. The second-order valence-electron chi connectivity index (χ2n) is 7.43. The number of benzene rings is 1. The Hall–Kier alpha value is -1.52. The van der Waals surface area contributed by atoms with Gasteiger partial charge in [0, 0.05) is 29.2 Å². The summed E-state index contributed by atoms with van der Waals surface area (Å²) < 4.78 is 5.40. The fourth-order valence-corrected chi connectivity index (χ4v) is 4.66. The third-order valence-corrected chi connectivity index (χ3v) is 5.99. The largest absolute Gasteiger partial charge is 0.497 e. The predicted octanol–water partition coefficient (Wildman–Crippen LogP) is 3.49. The van der Waals surface area contributed by atoms with Gasteiger partial charge in [-0.05, 0) is 75.3 Å². The van der Waals surface area contributed by atoms with Gasteiger partial charge < -0.3 is 14.8 Å². The molecular weight excluding hydrogens is 300 g/mol. The lowest BCUT2D eigenvalue weighted by Crippen LogP contribution is -2.42. The first kappa shape index (κ1) is 16.0. The third-order valence-electron chi connectivity index (χ3n) is 5.99. The Morgan fingerprint density at radius 2 is 2.04 bits per heavy atom. The van der Waals surface area contributed by atoms with Crippen LogP contribution >= 0.6 is 0 Å². The monoisotopic (exact) mass is 328 g/mol. The van der Waals surface area contributed by atoms with E-state index in [1.807, 2.05) is 6.07 Å². The van der Waals surface area contributed by atoms with Crippen LogP contribution in [0.3, 0.4) is 0 Å². The van der Waals surface area contributed by atoms with E-state index in [0.717, 1.165) is 37.9 Å². The number of nitrogens with zero attached hydrogens (tertiary/aromatic N) is 1. The van der Waals surface area contributed by atoms with Gasteiger partial charge in [-0.25, -0.2) is 0 Å². The van der Waals surface area contributed by atoms with Crippen molar-refractivity contribution in [3.63, 3.8) is 0 Å². The number of hydrogen-bond acceptors (Lipinski definition) is 3. The van der Waals surface area contributed by atoms with Crippen LogP contribution in [0, 0.1) is 0 Å². The molecule has 1 atom stereocenters. The van der Waals surface area contributed by atoms with E-state index in [0.29, 0.717) is 12.1 Å². The number of aromatic nitrogens is 1. The Balaban J connectivity index is 1.51. The molecule has 0 spiro atoms. The first-order valence-electron chi connectivity index (χ1n) is 9.32. The van der Waals surface area contributed by atoms with Crippen LogP contribution in [-0.4, -0.2) is 46.8 Å². The van der Waals surface area contributed by atoms with Gasteiger partial charge in [0.05, 0.1) is 13.2 Å². The molecule has 4 rings (SSSR count). The fraction of sp³-hybridized carbons (Fsp3) is 0.600. The average Bonchev–Trinajstić information content (AvgIpc) is 3.23. The van der Waals surface area contributed by atoms with Crippen molar-refractivity contribution in [3.05, 3.63) is 30.0 Å². The zero-order valence-electron chi connectivity index (χ0n) is 14.5. The van der Waals surface area contributed by atoms with Gasteiger partial charge in [0.15, 0.2) is 0 Å². The van der Waals surface area contributed by atoms with Crippen LogP contribution in [0.2, 0.25) is 0 Å². The quantitative estimate of drug-likeness (QED) is 0.903. The van der Waals surface area contributed by atoms with Crippen LogP contribution in [0.4, 0.5) is 0 Å². The minimum atomic E-state index is -0.0663. The molecule has 1 saturated carbocycles. The Morgan fingerprint density at radius 3 is 2.83 bits per heavy atom. The lowest BCUT2D eigenvalue weighted by molar-refractivity contribution is 0.0681. The Morgan fingerprint density at radius 1 is 1.21 bits per heavy atom. The smallest absolute Gasteiger partial charge is 0.119 e. The van der Waals surface area contributed by atoms with Gasteiger partial charge in [-0.1, -0.05) is 0 Å². The second kappa shape index (κ2) is 6.77. The maximum Gasteiger partial charge on any atom is 0.119 e. The van der Waals surface area contributed by atoms with Crippen molar-refractivity contribution >= 4 is 10.9 Å². The number of likely N-dealkylation sites (tertiary alicyclic amines) is 1. The minimum Gasteiger partial charge on any atom is -0.497 e. The van der Waals surface area contributed by atoms with Crippen LogP contribution < -0.4 is 4.74 Å². The molecule has 1 aliphatic heterocycles. The Kier molecular flexibility index (Phi) is 4.51. The van der Waals surface area contributed by atoms with Crippen molar-refractivity contribution in [2.45, 2.75) is 63.1 Å². The first-order chi connectivity index (χ1) is 11.7. The molecule has 2 heterocycles. The van der Waals surface area contributed by atoms with E-state index in [9.17, 15) is 5.11 Å². The van der Waals surface area contributed by atoms with Crippen molar-refractivity contribution in [3.8, 4) is 5.75 Å². The molecule has 0 amide bonds. The number of rotatable bonds is 4. The molecule has 4 heteroatoms. The summed E-state index contributed by atoms with van der Waals surface area (Å²) in [6.45, 7) is 1.22. The summed E-state index contributed by atoms with van der Waals surface area (Å²) in [7, 11) is 1.73. The molecule has 24 heavy (non-hydrogen) atoms. The summed E-state index contributed by atoms with van der Waals surface area (Å²) >= 11 is 0. The van der Waals surface area contributed by atoms with Crippen molar-refractivity contribution in [2.24, 2.45) is 0 Å². The molecular formula is C20H28N2O2. The lowest BCUT2D eigenvalue weighted by atomic mass is 9.91. The molecule has 2 aliphatic rings. The van der Waals surface area contributed by atoms with Crippen LogP contribution in [0.5, 0.6) is 5.75 Å². The van der Waals surface area contributed by atoms with E-state index in [-0.39, 0.29) is 6.10 Å². The number of fused-ring (bicyclic) bond motifs is 1. The number of aliphatic hydroxyl groups is 1. The van der Waals surface area contributed by atoms with Crippen LogP contribution in [-0.2, 0) is 6.42 Å². The molecule has 1 aromatic heterocycles. The first-order valence-corrected chi connectivity index (χ1v) is 9.32. The van der Waals surface area contributed by atoms with Crippen molar-refractivity contribution < 1.29 is 9.84 Å². The number of aromatic amines is 1. The molecule has 130 valence electrons. The summed E-state index contributed by atoms with van der Waals surface area (Å²) in [6, 6.07) is 7.57.